The molecule has 4 nitrogen and oxygen atoms in total. The Labute approximate surface area is 138 Å². The monoisotopic (exact) mass is 312 g/mol. The molecule has 0 saturated carbocycles. The zero-order valence-electron chi connectivity index (χ0n) is 14.0. The minimum absolute atomic E-state index is 0.0121. The van der Waals surface area contributed by atoms with Crippen LogP contribution in [-0.4, -0.2) is 31.5 Å². The highest BCUT2D eigenvalue weighted by molar-refractivity contribution is 5.78. The maximum Gasteiger partial charge on any atom is 0.234 e. The van der Waals surface area contributed by atoms with Gasteiger partial charge in [0.2, 0.25) is 5.91 Å². The van der Waals surface area contributed by atoms with Gasteiger partial charge in [0.1, 0.15) is 5.75 Å². The van der Waals surface area contributed by atoms with Gasteiger partial charge in [0.05, 0.1) is 19.7 Å². The van der Waals surface area contributed by atoms with Gasteiger partial charge in [-0.25, -0.2) is 0 Å². The van der Waals surface area contributed by atoms with Crippen molar-refractivity contribution >= 4 is 5.91 Å². The van der Waals surface area contributed by atoms with E-state index >= 15 is 0 Å². The minimum Gasteiger partial charge on any atom is -0.497 e. The molecule has 1 N–H and O–H groups in total. The lowest BCUT2D eigenvalue weighted by atomic mass is 10.1. The van der Waals surface area contributed by atoms with Crippen LogP contribution in [0.25, 0.3) is 0 Å². The largest absolute Gasteiger partial charge is 0.497 e. The first-order valence-electron chi connectivity index (χ1n) is 7.74. The Morgan fingerprint density at radius 3 is 2.39 bits per heavy atom. The van der Waals surface area contributed by atoms with Crippen molar-refractivity contribution in [1.29, 1.82) is 0 Å². The normalized spacial score (nSPS) is 12.0. The van der Waals surface area contributed by atoms with Crippen LogP contribution in [0.4, 0.5) is 0 Å². The van der Waals surface area contributed by atoms with Gasteiger partial charge >= 0.3 is 0 Å². The quantitative estimate of drug-likeness (QED) is 0.854. The molecule has 0 bridgehead atoms. The maximum absolute atomic E-state index is 12.2. The van der Waals surface area contributed by atoms with Gasteiger partial charge in [-0.15, -0.1) is 0 Å². The van der Waals surface area contributed by atoms with Crippen LogP contribution in [0.5, 0.6) is 5.75 Å². The fourth-order valence-corrected chi connectivity index (χ4v) is 2.46. The number of hydrogen-bond donors (Lipinski definition) is 1. The number of nitrogens with zero attached hydrogens (tertiary/aromatic N) is 1. The molecule has 0 heterocycles. The van der Waals surface area contributed by atoms with Gasteiger partial charge in [0, 0.05) is 6.54 Å². The molecule has 122 valence electrons. The van der Waals surface area contributed by atoms with Crippen molar-refractivity contribution < 1.29 is 9.53 Å². The summed E-state index contributed by atoms with van der Waals surface area (Å²) in [5, 5.41) is 3.03. The highest BCUT2D eigenvalue weighted by atomic mass is 16.5. The fourth-order valence-electron chi connectivity index (χ4n) is 2.46. The number of ether oxygens (including phenoxy) is 1. The van der Waals surface area contributed by atoms with Crippen molar-refractivity contribution in [3.05, 3.63) is 65.7 Å². The summed E-state index contributed by atoms with van der Waals surface area (Å²) in [6.07, 6.45) is 0. The number of rotatable bonds is 7. The number of carbonyl (C=O) groups excluding carboxylic acids is 1. The van der Waals surface area contributed by atoms with E-state index in [0.717, 1.165) is 23.4 Å². The Hall–Kier alpha value is -2.33. The van der Waals surface area contributed by atoms with Crippen LogP contribution in [0.2, 0.25) is 0 Å². The fraction of sp³-hybridized carbons (Fsp3) is 0.316. The summed E-state index contributed by atoms with van der Waals surface area (Å²) in [5.41, 5.74) is 2.26. The van der Waals surface area contributed by atoms with Crippen molar-refractivity contribution in [2.45, 2.75) is 19.5 Å². The van der Waals surface area contributed by atoms with E-state index in [1.54, 1.807) is 7.11 Å². The van der Waals surface area contributed by atoms with Crippen LogP contribution < -0.4 is 10.1 Å². The minimum atomic E-state index is 0.0121. The third kappa shape index (κ3) is 5.42. The second kappa shape index (κ2) is 8.34. The smallest absolute Gasteiger partial charge is 0.234 e. The molecule has 4 heteroatoms. The molecule has 0 fully saturated rings. The van der Waals surface area contributed by atoms with Crippen LogP contribution in [0, 0.1) is 0 Å². The number of amides is 1. The summed E-state index contributed by atoms with van der Waals surface area (Å²) in [6, 6.07) is 17.9. The molecular formula is C19H24N2O2. The van der Waals surface area contributed by atoms with Crippen molar-refractivity contribution in [3.8, 4) is 5.75 Å². The van der Waals surface area contributed by atoms with Crippen LogP contribution in [0.15, 0.2) is 54.6 Å². The summed E-state index contributed by atoms with van der Waals surface area (Å²) in [5.74, 6) is 0.864. The molecule has 0 unspecified atom stereocenters. The standard InChI is InChI=1S/C19H24N2O2/c1-15(17-7-5-4-6-8-17)20-19(22)14-21(2)13-16-9-11-18(23-3)12-10-16/h4-12,15H,13-14H2,1-3H3,(H,20,22)/t15-/m0/s1. The number of carbonyl (C=O) groups is 1. The predicted octanol–water partition coefficient (Wildman–Crippen LogP) is 3.00. The van der Waals surface area contributed by atoms with Crippen molar-refractivity contribution in [1.82, 2.24) is 10.2 Å². The Kier molecular flexibility index (Phi) is 6.18. The highest BCUT2D eigenvalue weighted by Gasteiger charge is 2.11. The molecular weight excluding hydrogens is 288 g/mol. The van der Waals surface area contributed by atoms with E-state index in [1.165, 1.54) is 0 Å². The Morgan fingerprint density at radius 2 is 1.78 bits per heavy atom. The molecule has 2 rings (SSSR count). The summed E-state index contributed by atoms with van der Waals surface area (Å²) in [6.45, 7) is 3.08. The second-order valence-corrected chi connectivity index (χ2v) is 5.72. The molecule has 0 spiro atoms. The maximum atomic E-state index is 12.2. The Balaban J connectivity index is 1.82. The molecule has 23 heavy (non-hydrogen) atoms. The van der Waals surface area contributed by atoms with Crippen molar-refractivity contribution in [2.24, 2.45) is 0 Å². The zero-order chi connectivity index (χ0) is 16.7. The van der Waals surface area contributed by atoms with Gasteiger partial charge < -0.3 is 10.1 Å². The lowest BCUT2D eigenvalue weighted by Gasteiger charge is -2.19. The number of likely N-dealkylation sites (N-methyl/N-ethyl adjacent to an activating group) is 1. The van der Waals surface area contributed by atoms with Crippen LogP contribution in [-0.2, 0) is 11.3 Å². The van der Waals surface area contributed by atoms with Gasteiger partial charge in [0.15, 0.2) is 0 Å². The molecule has 0 aliphatic carbocycles. The predicted molar refractivity (Wildman–Crippen MR) is 92.3 cm³/mol. The van der Waals surface area contributed by atoms with E-state index < -0.39 is 0 Å². The van der Waals surface area contributed by atoms with Crippen LogP contribution in [0.3, 0.4) is 0 Å². The molecule has 0 aliphatic heterocycles. The van der Waals surface area contributed by atoms with E-state index in [0.29, 0.717) is 6.54 Å². The summed E-state index contributed by atoms with van der Waals surface area (Å²) in [4.78, 5) is 14.1. The van der Waals surface area contributed by atoms with Crippen molar-refractivity contribution in [3.63, 3.8) is 0 Å². The van der Waals surface area contributed by atoms with Crippen LogP contribution >= 0.6 is 0 Å². The third-order valence-corrected chi connectivity index (χ3v) is 3.70. The van der Waals surface area contributed by atoms with Gasteiger partial charge in [0.25, 0.3) is 0 Å². The average Bonchev–Trinajstić information content (AvgIpc) is 2.56. The van der Waals surface area contributed by atoms with E-state index in [-0.39, 0.29) is 11.9 Å². The molecule has 2 aromatic carbocycles. The van der Waals surface area contributed by atoms with Gasteiger partial charge in [-0.05, 0) is 37.2 Å². The lowest BCUT2D eigenvalue weighted by Crippen LogP contribution is -2.36. The second-order valence-electron chi connectivity index (χ2n) is 5.72. The molecule has 0 aliphatic rings. The van der Waals surface area contributed by atoms with Gasteiger partial charge in [-0.2, -0.15) is 0 Å². The first kappa shape index (κ1) is 17.0. The number of methoxy groups -OCH3 is 1. The molecule has 2 aromatic rings. The first-order chi connectivity index (χ1) is 11.1. The van der Waals surface area contributed by atoms with Crippen LogP contribution in [0.1, 0.15) is 24.1 Å². The molecule has 0 aromatic heterocycles. The summed E-state index contributed by atoms with van der Waals surface area (Å²) < 4.78 is 5.15. The van der Waals surface area contributed by atoms with Crippen molar-refractivity contribution in [2.75, 3.05) is 20.7 Å². The van der Waals surface area contributed by atoms with Gasteiger partial charge in [-0.1, -0.05) is 42.5 Å². The molecule has 1 amide bonds. The van der Waals surface area contributed by atoms with Gasteiger partial charge in [-0.3, -0.25) is 9.69 Å². The van der Waals surface area contributed by atoms with E-state index in [2.05, 4.69) is 5.32 Å². The average molecular weight is 312 g/mol. The Bertz CT molecular complexity index is 611. The Morgan fingerprint density at radius 1 is 1.13 bits per heavy atom. The van der Waals surface area contributed by atoms with E-state index in [1.807, 2.05) is 73.5 Å². The molecule has 0 saturated heterocycles. The zero-order valence-corrected chi connectivity index (χ0v) is 14.0. The lowest BCUT2D eigenvalue weighted by molar-refractivity contribution is -0.122. The summed E-state index contributed by atoms with van der Waals surface area (Å²) in [7, 11) is 3.59. The number of hydrogen-bond acceptors (Lipinski definition) is 3. The SMILES string of the molecule is COc1ccc(CN(C)CC(=O)N[C@@H](C)c2ccccc2)cc1. The van der Waals surface area contributed by atoms with E-state index in [4.69, 9.17) is 4.74 Å². The number of nitrogens with one attached hydrogen (secondary N) is 1. The topological polar surface area (TPSA) is 41.6 Å². The molecule has 1 atom stereocenters. The number of benzene rings is 2. The third-order valence-electron chi connectivity index (χ3n) is 3.70. The van der Waals surface area contributed by atoms with E-state index in [9.17, 15) is 4.79 Å². The first-order valence-corrected chi connectivity index (χ1v) is 7.74. The molecule has 0 radical (unpaired) electrons. The summed E-state index contributed by atoms with van der Waals surface area (Å²) >= 11 is 0. The highest BCUT2D eigenvalue weighted by Crippen LogP contribution is 2.13.